The van der Waals surface area contributed by atoms with Crippen LogP contribution >= 0.6 is 0 Å². The highest BCUT2D eigenvalue weighted by Crippen LogP contribution is 2.00. The van der Waals surface area contributed by atoms with Gasteiger partial charge in [0.25, 0.3) is 0 Å². The maximum Gasteiger partial charge on any atom is 0.191 e. The highest BCUT2D eigenvalue weighted by molar-refractivity contribution is 5.79. The number of nitrogens with one attached hydrogen (secondary N) is 3. The summed E-state index contributed by atoms with van der Waals surface area (Å²) in [6.07, 6.45) is 3.99. The number of hydrogen-bond donors (Lipinski definition) is 3. The van der Waals surface area contributed by atoms with Crippen molar-refractivity contribution < 1.29 is 0 Å². The first-order chi connectivity index (χ1) is 10.1. The molecule has 3 N–H and O–H groups in total. The molecule has 0 aliphatic heterocycles. The van der Waals surface area contributed by atoms with Crippen LogP contribution in [0.25, 0.3) is 0 Å². The standard InChI is InChI=1S/C16H29N5/c1-13(2)14(3)21-16(17-4)20-12-8-7-11-19-15-9-5-6-10-18-15/h5-6,9-10,13-14H,7-8,11-12H2,1-4H3,(H,18,19)(H2,17,20,21). The van der Waals surface area contributed by atoms with E-state index in [0.717, 1.165) is 37.7 Å². The van der Waals surface area contributed by atoms with E-state index < -0.39 is 0 Å². The molecule has 0 spiro atoms. The summed E-state index contributed by atoms with van der Waals surface area (Å²) in [6.45, 7) is 8.44. The van der Waals surface area contributed by atoms with Gasteiger partial charge in [-0.05, 0) is 37.8 Å². The molecular formula is C16H29N5. The zero-order valence-electron chi connectivity index (χ0n) is 13.7. The average molecular weight is 291 g/mol. The maximum absolute atomic E-state index is 4.24. The first-order valence-corrected chi connectivity index (χ1v) is 7.75. The molecule has 1 rings (SSSR count). The lowest BCUT2D eigenvalue weighted by molar-refractivity contribution is 0.480. The number of unbranched alkanes of at least 4 members (excludes halogenated alkanes) is 1. The molecule has 118 valence electrons. The lowest BCUT2D eigenvalue weighted by atomic mass is 10.1. The topological polar surface area (TPSA) is 61.3 Å². The van der Waals surface area contributed by atoms with Crippen LogP contribution in [-0.2, 0) is 0 Å². The molecule has 1 heterocycles. The minimum Gasteiger partial charge on any atom is -0.370 e. The predicted octanol–water partition coefficient (Wildman–Crippen LogP) is 2.48. The summed E-state index contributed by atoms with van der Waals surface area (Å²) in [5.41, 5.74) is 0. The second-order valence-electron chi connectivity index (χ2n) is 5.52. The van der Waals surface area contributed by atoms with Crippen molar-refractivity contribution in [2.45, 2.75) is 39.7 Å². The molecule has 0 saturated carbocycles. The molecule has 0 aromatic carbocycles. The van der Waals surface area contributed by atoms with Crippen molar-refractivity contribution in [3.05, 3.63) is 24.4 Å². The van der Waals surface area contributed by atoms with Crippen molar-refractivity contribution in [2.24, 2.45) is 10.9 Å². The second kappa shape index (κ2) is 10.0. The van der Waals surface area contributed by atoms with Gasteiger partial charge < -0.3 is 16.0 Å². The lowest BCUT2D eigenvalue weighted by Crippen LogP contribution is -2.44. The van der Waals surface area contributed by atoms with Crippen LogP contribution in [0.3, 0.4) is 0 Å². The molecule has 1 aromatic heterocycles. The van der Waals surface area contributed by atoms with Crippen LogP contribution in [0.1, 0.15) is 33.6 Å². The fourth-order valence-electron chi connectivity index (χ4n) is 1.72. The van der Waals surface area contributed by atoms with E-state index in [0.29, 0.717) is 12.0 Å². The van der Waals surface area contributed by atoms with Crippen molar-refractivity contribution in [1.82, 2.24) is 15.6 Å². The van der Waals surface area contributed by atoms with Crippen LogP contribution < -0.4 is 16.0 Å². The highest BCUT2D eigenvalue weighted by atomic mass is 15.2. The summed E-state index contributed by atoms with van der Waals surface area (Å²) < 4.78 is 0. The number of rotatable bonds is 8. The minimum absolute atomic E-state index is 0.419. The maximum atomic E-state index is 4.24. The second-order valence-corrected chi connectivity index (χ2v) is 5.52. The normalized spacial score (nSPS) is 13.1. The summed E-state index contributed by atoms with van der Waals surface area (Å²) in [5, 5.41) is 10.1. The lowest BCUT2D eigenvalue weighted by Gasteiger charge is -2.20. The third-order valence-corrected chi connectivity index (χ3v) is 3.46. The zero-order valence-corrected chi connectivity index (χ0v) is 13.7. The molecule has 0 aliphatic carbocycles. The summed E-state index contributed by atoms with van der Waals surface area (Å²) in [7, 11) is 1.81. The molecule has 21 heavy (non-hydrogen) atoms. The summed E-state index contributed by atoms with van der Waals surface area (Å²) in [5.74, 6) is 2.41. The monoisotopic (exact) mass is 291 g/mol. The fourth-order valence-corrected chi connectivity index (χ4v) is 1.72. The van der Waals surface area contributed by atoms with Crippen molar-refractivity contribution in [3.63, 3.8) is 0 Å². The van der Waals surface area contributed by atoms with Gasteiger partial charge in [0.05, 0.1) is 0 Å². The Balaban J connectivity index is 2.10. The van der Waals surface area contributed by atoms with E-state index in [-0.39, 0.29) is 0 Å². The van der Waals surface area contributed by atoms with Gasteiger partial charge >= 0.3 is 0 Å². The number of aliphatic imine (C=N–C) groups is 1. The summed E-state index contributed by atoms with van der Waals surface area (Å²) >= 11 is 0. The molecule has 0 aliphatic rings. The van der Waals surface area contributed by atoms with Crippen LogP contribution in [0, 0.1) is 5.92 Å². The van der Waals surface area contributed by atoms with Gasteiger partial charge in [0.2, 0.25) is 0 Å². The predicted molar refractivity (Wildman–Crippen MR) is 90.8 cm³/mol. The van der Waals surface area contributed by atoms with Gasteiger partial charge in [-0.1, -0.05) is 19.9 Å². The van der Waals surface area contributed by atoms with Gasteiger partial charge in [-0.15, -0.1) is 0 Å². The smallest absolute Gasteiger partial charge is 0.191 e. The van der Waals surface area contributed by atoms with Crippen molar-refractivity contribution in [2.75, 3.05) is 25.5 Å². The Kier molecular flexibility index (Phi) is 8.24. The third kappa shape index (κ3) is 7.54. The Hall–Kier alpha value is -1.78. The van der Waals surface area contributed by atoms with Crippen molar-refractivity contribution in [1.29, 1.82) is 0 Å². The third-order valence-electron chi connectivity index (χ3n) is 3.46. The SMILES string of the molecule is CN=C(NCCCCNc1ccccn1)NC(C)C(C)C. The molecule has 0 bridgehead atoms. The van der Waals surface area contributed by atoms with Crippen LogP contribution in [0.15, 0.2) is 29.4 Å². The average Bonchev–Trinajstić information content (AvgIpc) is 2.50. The first kappa shape index (κ1) is 17.3. The Morgan fingerprint density at radius 3 is 2.57 bits per heavy atom. The number of nitrogens with zero attached hydrogens (tertiary/aromatic N) is 2. The van der Waals surface area contributed by atoms with E-state index in [4.69, 9.17) is 0 Å². The van der Waals surface area contributed by atoms with Crippen LogP contribution in [0.4, 0.5) is 5.82 Å². The summed E-state index contributed by atoms with van der Waals surface area (Å²) in [4.78, 5) is 8.48. The van der Waals surface area contributed by atoms with E-state index in [9.17, 15) is 0 Å². The van der Waals surface area contributed by atoms with E-state index >= 15 is 0 Å². The molecule has 0 saturated heterocycles. The Morgan fingerprint density at radius 2 is 1.95 bits per heavy atom. The van der Waals surface area contributed by atoms with Crippen LogP contribution in [0.5, 0.6) is 0 Å². The molecule has 0 amide bonds. The molecule has 1 unspecified atom stereocenters. The zero-order chi connectivity index (χ0) is 15.5. The molecular weight excluding hydrogens is 262 g/mol. The van der Waals surface area contributed by atoms with Gasteiger partial charge in [0, 0.05) is 32.4 Å². The number of hydrogen-bond acceptors (Lipinski definition) is 3. The molecule has 0 fully saturated rings. The Labute approximate surface area is 128 Å². The molecule has 1 aromatic rings. The molecule has 0 radical (unpaired) electrons. The number of pyridine rings is 1. The van der Waals surface area contributed by atoms with Gasteiger partial charge in [0.1, 0.15) is 5.82 Å². The highest BCUT2D eigenvalue weighted by Gasteiger charge is 2.08. The van der Waals surface area contributed by atoms with Crippen molar-refractivity contribution in [3.8, 4) is 0 Å². The quantitative estimate of drug-likeness (QED) is 0.391. The van der Waals surface area contributed by atoms with Crippen LogP contribution in [-0.4, -0.2) is 37.1 Å². The van der Waals surface area contributed by atoms with Crippen molar-refractivity contribution >= 4 is 11.8 Å². The Morgan fingerprint density at radius 1 is 1.19 bits per heavy atom. The summed E-state index contributed by atoms with van der Waals surface area (Å²) in [6, 6.07) is 6.31. The van der Waals surface area contributed by atoms with Gasteiger partial charge in [-0.25, -0.2) is 4.98 Å². The van der Waals surface area contributed by atoms with Gasteiger partial charge in [-0.2, -0.15) is 0 Å². The van der Waals surface area contributed by atoms with E-state index in [1.165, 1.54) is 0 Å². The number of anilines is 1. The Bertz CT molecular complexity index is 402. The molecule has 5 heteroatoms. The van der Waals surface area contributed by atoms with E-state index in [1.807, 2.05) is 25.2 Å². The van der Waals surface area contributed by atoms with Gasteiger partial charge in [-0.3, -0.25) is 4.99 Å². The van der Waals surface area contributed by atoms with Gasteiger partial charge in [0.15, 0.2) is 5.96 Å². The minimum atomic E-state index is 0.419. The van der Waals surface area contributed by atoms with E-state index in [2.05, 4.69) is 46.7 Å². The largest absolute Gasteiger partial charge is 0.370 e. The van der Waals surface area contributed by atoms with Crippen LogP contribution in [0.2, 0.25) is 0 Å². The number of aromatic nitrogens is 1. The fraction of sp³-hybridized carbons (Fsp3) is 0.625. The van der Waals surface area contributed by atoms with E-state index in [1.54, 1.807) is 6.20 Å². The first-order valence-electron chi connectivity index (χ1n) is 7.75. The molecule has 1 atom stereocenters. The number of guanidine groups is 1. The molecule has 5 nitrogen and oxygen atoms in total.